The molecule has 33 heavy (non-hydrogen) atoms. The Morgan fingerprint density at radius 2 is 1.97 bits per heavy atom. The van der Waals surface area contributed by atoms with E-state index in [0.717, 1.165) is 87.6 Å². The molecule has 3 rings (SSSR count). The first-order valence-corrected chi connectivity index (χ1v) is 11.8. The van der Waals surface area contributed by atoms with Crippen molar-refractivity contribution in [1.82, 2.24) is 20.5 Å². The third kappa shape index (κ3) is 8.48. The minimum absolute atomic E-state index is 0. The number of methoxy groups -OCH3 is 1. The molecule has 8 heteroatoms. The summed E-state index contributed by atoms with van der Waals surface area (Å²) in [6.45, 7) is 13.7. The van der Waals surface area contributed by atoms with Gasteiger partial charge in [-0.1, -0.05) is 17.7 Å². The maximum Gasteiger partial charge on any atom is 0.208 e. The molecule has 1 saturated heterocycles. The lowest BCUT2D eigenvalue weighted by Gasteiger charge is -2.30. The fraction of sp³-hybridized carbons (Fsp3) is 0.600. The first kappa shape index (κ1) is 27.4. The number of nitrogens with one attached hydrogen (secondary N) is 2. The van der Waals surface area contributed by atoms with Crippen molar-refractivity contribution in [1.29, 1.82) is 0 Å². The molecule has 2 heterocycles. The Kier molecular flexibility index (Phi) is 11.5. The van der Waals surface area contributed by atoms with Crippen molar-refractivity contribution in [3.05, 3.63) is 46.7 Å². The van der Waals surface area contributed by atoms with Gasteiger partial charge in [0.2, 0.25) is 5.89 Å². The molecule has 1 aromatic heterocycles. The molecule has 0 atom stereocenters. The van der Waals surface area contributed by atoms with Gasteiger partial charge in [-0.2, -0.15) is 0 Å². The average molecular weight is 570 g/mol. The second-order valence-corrected chi connectivity index (χ2v) is 8.68. The first-order chi connectivity index (χ1) is 15.5. The standard InChI is InChI=1S/C25H39N5O2.HI/c1-6-26-25(27-12-9-22-15-18(2)7-8-23(22)31-5)28-16-21-10-13-30(14-11-21)17-24-29-19(3)20(4)32-24;/h7-8,15,21H,6,9-14,16-17H2,1-5H3,(H2,26,27,28);1H. The molecular formula is C25H40IN5O2. The molecule has 0 radical (unpaired) electrons. The summed E-state index contributed by atoms with van der Waals surface area (Å²) < 4.78 is 11.2. The number of benzene rings is 1. The van der Waals surface area contributed by atoms with E-state index >= 15 is 0 Å². The van der Waals surface area contributed by atoms with E-state index in [1.807, 2.05) is 19.9 Å². The number of ether oxygens (including phenoxy) is 1. The van der Waals surface area contributed by atoms with E-state index in [1.165, 1.54) is 11.1 Å². The number of likely N-dealkylation sites (tertiary alicyclic amines) is 1. The average Bonchev–Trinajstić information content (AvgIpc) is 3.09. The fourth-order valence-corrected chi connectivity index (χ4v) is 4.11. The van der Waals surface area contributed by atoms with Gasteiger partial charge in [-0.15, -0.1) is 24.0 Å². The van der Waals surface area contributed by atoms with Gasteiger partial charge in [0.05, 0.1) is 19.3 Å². The number of piperidine rings is 1. The Labute approximate surface area is 215 Å². The molecule has 1 fully saturated rings. The second-order valence-electron chi connectivity index (χ2n) is 8.68. The molecule has 7 nitrogen and oxygen atoms in total. The molecule has 2 aromatic rings. The van der Waals surface area contributed by atoms with Crippen molar-refractivity contribution in [3.8, 4) is 5.75 Å². The van der Waals surface area contributed by atoms with Crippen LogP contribution in [0.5, 0.6) is 5.75 Å². The summed E-state index contributed by atoms with van der Waals surface area (Å²) in [6.07, 6.45) is 3.21. The van der Waals surface area contributed by atoms with Crippen LogP contribution in [0.4, 0.5) is 0 Å². The zero-order valence-corrected chi connectivity index (χ0v) is 23.1. The molecule has 2 N–H and O–H groups in total. The lowest BCUT2D eigenvalue weighted by molar-refractivity contribution is 0.166. The van der Waals surface area contributed by atoms with E-state index in [-0.39, 0.29) is 24.0 Å². The fourth-order valence-electron chi connectivity index (χ4n) is 4.11. The minimum atomic E-state index is 0. The number of hydrogen-bond acceptors (Lipinski definition) is 5. The second kappa shape index (κ2) is 13.8. The van der Waals surface area contributed by atoms with Crippen molar-refractivity contribution >= 4 is 29.9 Å². The monoisotopic (exact) mass is 569 g/mol. The maximum atomic E-state index is 5.74. The molecule has 0 amide bonds. The number of nitrogens with zero attached hydrogens (tertiary/aromatic N) is 3. The van der Waals surface area contributed by atoms with Gasteiger partial charge >= 0.3 is 0 Å². The molecule has 184 valence electrons. The largest absolute Gasteiger partial charge is 0.496 e. The van der Waals surface area contributed by atoms with Crippen LogP contribution in [0.25, 0.3) is 0 Å². The number of aliphatic imine (C=N–C) groups is 1. The van der Waals surface area contributed by atoms with Gasteiger partial charge in [0.15, 0.2) is 5.96 Å². The maximum absolute atomic E-state index is 5.74. The lowest BCUT2D eigenvalue weighted by atomic mass is 9.97. The highest BCUT2D eigenvalue weighted by Crippen LogP contribution is 2.21. The lowest BCUT2D eigenvalue weighted by Crippen LogP contribution is -2.39. The van der Waals surface area contributed by atoms with Crippen molar-refractivity contribution in [2.45, 2.75) is 53.5 Å². The van der Waals surface area contributed by atoms with Gasteiger partial charge in [-0.25, -0.2) is 4.98 Å². The Bertz CT molecular complexity index is 871. The molecule has 1 aliphatic rings. The molecule has 0 saturated carbocycles. The van der Waals surface area contributed by atoms with Crippen LogP contribution in [0.1, 0.15) is 48.2 Å². The number of aromatic nitrogens is 1. The third-order valence-corrected chi connectivity index (χ3v) is 6.11. The summed E-state index contributed by atoms with van der Waals surface area (Å²) in [5.41, 5.74) is 3.47. The van der Waals surface area contributed by atoms with Gasteiger partial charge in [0.25, 0.3) is 0 Å². The topological polar surface area (TPSA) is 74.9 Å². The number of guanidine groups is 1. The van der Waals surface area contributed by atoms with Crippen molar-refractivity contribution < 1.29 is 9.15 Å². The van der Waals surface area contributed by atoms with Gasteiger partial charge in [-0.05, 0) is 77.6 Å². The third-order valence-electron chi connectivity index (χ3n) is 6.11. The predicted molar refractivity (Wildman–Crippen MR) is 145 cm³/mol. The van der Waals surface area contributed by atoms with Crippen molar-refractivity contribution in [2.24, 2.45) is 10.9 Å². The summed E-state index contributed by atoms with van der Waals surface area (Å²) in [5, 5.41) is 6.85. The van der Waals surface area contributed by atoms with E-state index < -0.39 is 0 Å². The van der Waals surface area contributed by atoms with Gasteiger partial charge in [-0.3, -0.25) is 9.89 Å². The Morgan fingerprint density at radius 3 is 2.61 bits per heavy atom. The molecule has 1 aromatic carbocycles. The number of rotatable bonds is 9. The van der Waals surface area contributed by atoms with Gasteiger partial charge in [0.1, 0.15) is 11.5 Å². The molecule has 1 aliphatic heterocycles. The Hall–Kier alpha value is -1.81. The van der Waals surface area contributed by atoms with E-state index in [2.05, 4.69) is 46.5 Å². The van der Waals surface area contributed by atoms with Gasteiger partial charge < -0.3 is 19.8 Å². The summed E-state index contributed by atoms with van der Waals surface area (Å²) in [5.74, 6) is 4.22. The van der Waals surface area contributed by atoms with Crippen LogP contribution in [0.3, 0.4) is 0 Å². The van der Waals surface area contributed by atoms with Crippen molar-refractivity contribution in [3.63, 3.8) is 0 Å². The van der Waals surface area contributed by atoms with E-state index in [0.29, 0.717) is 5.92 Å². The van der Waals surface area contributed by atoms with Gasteiger partial charge in [0, 0.05) is 19.6 Å². The zero-order chi connectivity index (χ0) is 22.9. The Balaban J connectivity index is 0.00000385. The SMILES string of the molecule is CCNC(=NCC1CCN(Cc2nc(C)c(C)o2)CC1)NCCc1cc(C)ccc1OC.I. The molecule has 0 spiro atoms. The highest BCUT2D eigenvalue weighted by atomic mass is 127. The summed E-state index contributed by atoms with van der Waals surface area (Å²) >= 11 is 0. The summed E-state index contributed by atoms with van der Waals surface area (Å²) in [7, 11) is 1.73. The van der Waals surface area contributed by atoms with Crippen LogP contribution in [-0.4, -0.2) is 55.7 Å². The van der Waals surface area contributed by atoms with Crippen LogP contribution >= 0.6 is 24.0 Å². The number of halogens is 1. The first-order valence-electron chi connectivity index (χ1n) is 11.8. The smallest absolute Gasteiger partial charge is 0.208 e. The predicted octanol–water partition coefficient (Wildman–Crippen LogP) is 4.24. The molecular weight excluding hydrogens is 529 g/mol. The van der Waals surface area contributed by atoms with Crippen LogP contribution < -0.4 is 15.4 Å². The quantitative estimate of drug-likeness (QED) is 0.268. The summed E-state index contributed by atoms with van der Waals surface area (Å²) in [6, 6.07) is 6.32. The highest BCUT2D eigenvalue weighted by molar-refractivity contribution is 14.0. The highest BCUT2D eigenvalue weighted by Gasteiger charge is 2.21. The minimum Gasteiger partial charge on any atom is -0.496 e. The van der Waals surface area contributed by atoms with Crippen LogP contribution in [-0.2, 0) is 13.0 Å². The van der Waals surface area contributed by atoms with E-state index in [4.69, 9.17) is 14.1 Å². The van der Waals surface area contributed by atoms with Crippen LogP contribution in [0.15, 0.2) is 27.6 Å². The van der Waals surface area contributed by atoms with E-state index in [1.54, 1.807) is 7.11 Å². The van der Waals surface area contributed by atoms with Crippen LogP contribution in [0.2, 0.25) is 0 Å². The number of hydrogen-bond donors (Lipinski definition) is 2. The van der Waals surface area contributed by atoms with Crippen molar-refractivity contribution in [2.75, 3.05) is 39.8 Å². The normalized spacial score (nSPS) is 15.2. The molecule has 0 bridgehead atoms. The summed E-state index contributed by atoms with van der Waals surface area (Å²) in [4.78, 5) is 11.8. The number of oxazole rings is 1. The van der Waals surface area contributed by atoms with Crippen LogP contribution in [0, 0.1) is 26.7 Å². The molecule has 0 unspecified atom stereocenters. The molecule has 0 aliphatic carbocycles. The Morgan fingerprint density at radius 1 is 1.21 bits per heavy atom. The number of aryl methyl sites for hydroxylation is 3. The zero-order valence-electron chi connectivity index (χ0n) is 20.7. The van der Waals surface area contributed by atoms with E-state index in [9.17, 15) is 0 Å².